The largest absolute Gasteiger partial charge is 0.504 e. The van der Waals surface area contributed by atoms with Crippen LogP contribution in [-0.4, -0.2) is 66.7 Å². The lowest BCUT2D eigenvalue weighted by atomic mass is 10.1. The van der Waals surface area contributed by atoms with Crippen molar-refractivity contribution >= 4 is 29.7 Å². The molecular formula is C20H26ClN3O3S. The third-order valence-corrected chi connectivity index (χ3v) is 6.11. The molecule has 0 radical (unpaired) electrons. The highest BCUT2D eigenvalue weighted by molar-refractivity contribution is 7.15. The number of thiophene rings is 1. The molecule has 8 heteroatoms. The Kier molecular flexibility index (Phi) is 6.82. The Hall–Kier alpha value is -1.80. The van der Waals surface area contributed by atoms with Crippen molar-refractivity contribution in [2.45, 2.75) is 13.5 Å². The van der Waals surface area contributed by atoms with E-state index in [9.17, 15) is 9.90 Å². The molecule has 1 fully saturated rings. The summed E-state index contributed by atoms with van der Waals surface area (Å²) in [6, 6.07) is 7.92. The first kappa shape index (κ1) is 20.9. The van der Waals surface area contributed by atoms with Crippen LogP contribution in [0, 0.1) is 6.92 Å². The minimum Gasteiger partial charge on any atom is -0.504 e. The van der Waals surface area contributed by atoms with Crippen LogP contribution >= 0.6 is 23.7 Å². The minimum absolute atomic E-state index is 0. The molecule has 1 aromatic heterocycles. The zero-order chi connectivity index (χ0) is 18.8. The smallest absolute Gasteiger partial charge is 0.237 e. The number of phenols is 1. The van der Waals surface area contributed by atoms with Crippen molar-refractivity contribution < 1.29 is 14.6 Å². The summed E-state index contributed by atoms with van der Waals surface area (Å²) in [5.41, 5.74) is 1.83. The van der Waals surface area contributed by atoms with Crippen molar-refractivity contribution in [3.63, 3.8) is 0 Å². The fraction of sp³-hybridized carbons (Fsp3) is 0.450. The van der Waals surface area contributed by atoms with Crippen LogP contribution in [-0.2, 0) is 11.3 Å². The van der Waals surface area contributed by atoms with E-state index in [1.54, 1.807) is 17.4 Å². The molecule has 1 aromatic carbocycles. The number of rotatable bonds is 3. The molecule has 2 aliphatic heterocycles. The van der Waals surface area contributed by atoms with E-state index in [2.05, 4.69) is 29.3 Å². The number of amides is 1. The minimum atomic E-state index is 0. The molecule has 2 N–H and O–H groups in total. The molecule has 0 aliphatic carbocycles. The average molecular weight is 424 g/mol. The number of nitrogens with zero attached hydrogens (tertiary/aromatic N) is 2. The highest BCUT2D eigenvalue weighted by Gasteiger charge is 2.24. The fourth-order valence-electron chi connectivity index (χ4n) is 3.60. The lowest BCUT2D eigenvalue weighted by molar-refractivity contribution is -0.133. The quantitative estimate of drug-likeness (QED) is 0.794. The Morgan fingerprint density at radius 2 is 2.04 bits per heavy atom. The molecular weight excluding hydrogens is 398 g/mol. The van der Waals surface area contributed by atoms with Crippen LogP contribution in [0.4, 0.5) is 0 Å². The van der Waals surface area contributed by atoms with Gasteiger partial charge in [0.05, 0.1) is 13.1 Å². The van der Waals surface area contributed by atoms with E-state index >= 15 is 0 Å². The van der Waals surface area contributed by atoms with Gasteiger partial charge in [0.15, 0.2) is 11.5 Å². The maximum absolute atomic E-state index is 12.8. The molecule has 0 spiro atoms. The number of halogens is 1. The lowest BCUT2D eigenvalue weighted by Gasteiger charge is -2.29. The standard InChI is InChI=1S/C20H25N3O3S.ClH/c1-14-2-3-18(27-14)15-10-16-12-23(8-9-26-20(16)17(24)11-15)19(25)13-22-6-4-21-5-7-22;/h2-3,10-11,21,24H,4-9,12-13H2,1H3;1H. The third kappa shape index (κ3) is 4.60. The van der Waals surface area contributed by atoms with Crippen LogP contribution in [0.25, 0.3) is 10.4 Å². The van der Waals surface area contributed by atoms with Crippen molar-refractivity contribution in [3.8, 4) is 21.9 Å². The van der Waals surface area contributed by atoms with E-state index in [0.717, 1.165) is 42.2 Å². The highest BCUT2D eigenvalue weighted by Crippen LogP contribution is 2.39. The van der Waals surface area contributed by atoms with Gasteiger partial charge in [0, 0.05) is 48.0 Å². The third-order valence-electron chi connectivity index (χ3n) is 5.06. The van der Waals surface area contributed by atoms with Crippen LogP contribution < -0.4 is 10.1 Å². The summed E-state index contributed by atoms with van der Waals surface area (Å²) in [7, 11) is 0. The summed E-state index contributed by atoms with van der Waals surface area (Å²) < 4.78 is 5.78. The Morgan fingerprint density at radius 1 is 1.25 bits per heavy atom. The molecule has 1 amide bonds. The Bertz CT molecular complexity index is 836. The number of ether oxygens (including phenoxy) is 1. The predicted molar refractivity (Wildman–Crippen MR) is 114 cm³/mol. The van der Waals surface area contributed by atoms with Gasteiger partial charge in [-0.1, -0.05) is 0 Å². The molecule has 2 aliphatic rings. The highest BCUT2D eigenvalue weighted by atomic mass is 35.5. The first-order valence-electron chi connectivity index (χ1n) is 9.36. The van der Waals surface area contributed by atoms with E-state index in [1.165, 1.54) is 4.88 Å². The van der Waals surface area contributed by atoms with E-state index in [1.807, 2.05) is 11.0 Å². The topological polar surface area (TPSA) is 65.0 Å². The second-order valence-corrected chi connectivity index (χ2v) is 8.37. The summed E-state index contributed by atoms with van der Waals surface area (Å²) in [6.07, 6.45) is 0. The first-order chi connectivity index (χ1) is 13.1. The van der Waals surface area contributed by atoms with E-state index < -0.39 is 0 Å². The van der Waals surface area contributed by atoms with Crippen LogP contribution in [0.5, 0.6) is 11.5 Å². The second-order valence-electron chi connectivity index (χ2n) is 7.08. The zero-order valence-corrected chi connectivity index (χ0v) is 17.6. The van der Waals surface area contributed by atoms with Crippen molar-refractivity contribution in [2.24, 2.45) is 0 Å². The number of phenolic OH excluding ortho intramolecular Hbond substituents is 1. The monoisotopic (exact) mass is 423 g/mol. The zero-order valence-electron chi connectivity index (χ0n) is 15.9. The molecule has 0 unspecified atom stereocenters. The van der Waals surface area contributed by atoms with E-state index in [-0.39, 0.29) is 24.1 Å². The van der Waals surface area contributed by atoms with Crippen molar-refractivity contribution in [2.75, 3.05) is 45.9 Å². The molecule has 4 rings (SSSR count). The van der Waals surface area contributed by atoms with Crippen molar-refractivity contribution in [3.05, 3.63) is 34.7 Å². The Balaban J connectivity index is 0.00000225. The number of piperazine rings is 1. The van der Waals surface area contributed by atoms with Crippen LogP contribution in [0.1, 0.15) is 10.4 Å². The average Bonchev–Trinajstić information content (AvgIpc) is 2.97. The maximum Gasteiger partial charge on any atom is 0.237 e. The predicted octanol–water partition coefficient (Wildman–Crippen LogP) is 2.48. The molecule has 6 nitrogen and oxygen atoms in total. The van der Waals surface area contributed by atoms with Gasteiger partial charge in [-0.2, -0.15) is 0 Å². The van der Waals surface area contributed by atoms with Crippen LogP contribution in [0.3, 0.4) is 0 Å². The summed E-state index contributed by atoms with van der Waals surface area (Å²) >= 11 is 1.69. The number of benzene rings is 1. The van der Waals surface area contributed by atoms with Gasteiger partial charge in [-0.3, -0.25) is 9.69 Å². The summed E-state index contributed by atoms with van der Waals surface area (Å²) in [6.45, 7) is 7.55. The van der Waals surface area contributed by atoms with Gasteiger partial charge >= 0.3 is 0 Å². The van der Waals surface area contributed by atoms with E-state index in [4.69, 9.17) is 4.74 Å². The molecule has 0 bridgehead atoms. The Morgan fingerprint density at radius 3 is 2.75 bits per heavy atom. The summed E-state index contributed by atoms with van der Waals surface area (Å²) in [5, 5.41) is 13.8. The van der Waals surface area contributed by atoms with Gasteiger partial charge in [0.25, 0.3) is 0 Å². The SMILES string of the molecule is Cc1ccc(-c2cc(O)c3c(c2)CN(C(=O)CN2CCNCC2)CCO3)s1.Cl. The normalized spacial score (nSPS) is 17.2. The number of fused-ring (bicyclic) bond motifs is 1. The number of carbonyl (C=O) groups excluding carboxylic acids is 1. The maximum atomic E-state index is 12.8. The Labute approximate surface area is 175 Å². The summed E-state index contributed by atoms with van der Waals surface area (Å²) in [5.74, 6) is 0.764. The first-order valence-corrected chi connectivity index (χ1v) is 10.2. The molecule has 3 heterocycles. The number of aryl methyl sites for hydroxylation is 1. The van der Waals surface area contributed by atoms with Crippen LogP contribution in [0.15, 0.2) is 24.3 Å². The molecule has 2 aromatic rings. The molecule has 0 atom stereocenters. The molecule has 0 saturated carbocycles. The number of hydrogen-bond acceptors (Lipinski definition) is 6. The second kappa shape index (κ2) is 9.13. The number of aromatic hydroxyl groups is 1. The number of carbonyl (C=O) groups is 1. The number of hydrogen-bond donors (Lipinski definition) is 2. The van der Waals surface area contributed by atoms with Gasteiger partial charge in [0.2, 0.25) is 5.91 Å². The van der Waals surface area contributed by atoms with Crippen LogP contribution in [0.2, 0.25) is 0 Å². The molecule has 152 valence electrons. The van der Waals surface area contributed by atoms with Gasteiger partial charge in [-0.25, -0.2) is 0 Å². The fourth-order valence-corrected chi connectivity index (χ4v) is 4.46. The van der Waals surface area contributed by atoms with Gasteiger partial charge in [-0.15, -0.1) is 23.7 Å². The van der Waals surface area contributed by atoms with Gasteiger partial charge in [0.1, 0.15) is 6.61 Å². The molecule has 28 heavy (non-hydrogen) atoms. The van der Waals surface area contributed by atoms with Crippen molar-refractivity contribution in [1.82, 2.24) is 15.1 Å². The number of nitrogens with one attached hydrogen (secondary N) is 1. The summed E-state index contributed by atoms with van der Waals surface area (Å²) in [4.78, 5) is 19.2. The lowest BCUT2D eigenvalue weighted by Crippen LogP contribution is -2.48. The van der Waals surface area contributed by atoms with Gasteiger partial charge < -0.3 is 20.1 Å². The molecule has 1 saturated heterocycles. The van der Waals surface area contributed by atoms with E-state index in [0.29, 0.717) is 32.0 Å². The van der Waals surface area contributed by atoms with Gasteiger partial charge in [-0.05, 0) is 36.8 Å². The van der Waals surface area contributed by atoms with Crippen molar-refractivity contribution in [1.29, 1.82) is 0 Å².